The molecule has 1 unspecified atom stereocenters. The molecule has 16 heavy (non-hydrogen) atoms. The average Bonchev–Trinajstić information content (AvgIpc) is 2.27. The van der Waals surface area contributed by atoms with Crippen LogP contribution in [0.15, 0.2) is 24.3 Å². The first-order valence-electron chi connectivity index (χ1n) is 5.75. The number of carboxylic acids is 1. The molecule has 3 heteroatoms. The van der Waals surface area contributed by atoms with Gasteiger partial charge in [0.2, 0.25) is 0 Å². The van der Waals surface area contributed by atoms with Crippen molar-refractivity contribution in [2.75, 3.05) is 13.6 Å². The topological polar surface area (TPSA) is 44.6 Å². The highest BCUT2D eigenvalue weighted by molar-refractivity contribution is 5.87. The molecular weight excluding hydrogens is 202 g/mol. The van der Waals surface area contributed by atoms with Crippen molar-refractivity contribution in [2.24, 2.45) is 0 Å². The van der Waals surface area contributed by atoms with E-state index in [4.69, 9.17) is 0 Å². The van der Waals surface area contributed by atoms with Crippen LogP contribution in [-0.2, 0) is 6.54 Å². The molecule has 0 aromatic heterocycles. The van der Waals surface area contributed by atoms with Gasteiger partial charge in [-0.2, -0.15) is 0 Å². The quantitative estimate of drug-likeness (QED) is 0.727. The molecule has 0 bridgehead atoms. The SMILES string of the molecule is CCCC[NH+](C)Cc1ccccc1C(=O)[O-]. The number of carboxylic acid groups (broad SMARTS) is 1. The predicted octanol–water partition coefficient (Wildman–Crippen LogP) is -0.135. The van der Waals surface area contributed by atoms with Crippen molar-refractivity contribution >= 4 is 5.97 Å². The molecule has 0 radical (unpaired) electrons. The number of hydrogen-bond donors (Lipinski definition) is 1. The van der Waals surface area contributed by atoms with Gasteiger partial charge in [0.25, 0.3) is 0 Å². The number of carbonyl (C=O) groups excluding carboxylic acids is 1. The van der Waals surface area contributed by atoms with Gasteiger partial charge in [-0.05, 0) is 6.42 Å². The summed E-state index contributed by atoms with van der Waals surface area (Å²) in [6.45, 7) is 3.96. The zero-order valence-corrected chi connectivity index (χ0v) is 9.95. The minimum absolute atomic E-state index is 0.318. The summed E-state index contributed by atoms with van der Waals surface area (Å²) in [5.41, 5.74) is 1.18. The molecule has 0 aliphatic heterocycles. The van der Waals surface area contributed by atoms with Gasteiger partial charge in [-0.15, -0.1) is 0 Å². The highest BCUT2D eigenvalue weighted by Crippen LogP contribution is 2.05. The monoisotopic (exact) mass is 221 g/mol. The van der Waals surface area contributed by atoms with E-state index in [9.17, 15) is 9.90 Å². The molecule has 1 atom stereocenters. The third-order valence-electron chi connectivity index (χ3n) is 2.69. The Bertz CT molecular complexity index is 350. The van der Waals surface area contributed by atoms with E-state index in [1.165, 1.54) is 17.7 Å². The van der Waals surface area contributed by atoms with Crippen LogP contribution < -0.4 is 10.0 Å². The van der Waals surface area contributed by atoms with E-state index in [0.717, 1.165) is 18.7 Å². The molecule has 0 heterocycles. The van der Waals surface area contributed by atoms with Crippen molar-refractivity contribution in [1.29, 1.82) is 0 Å². The van der Waals surface area contributed by atoms with Gasteiger partial charge in [-0.25, -0.2) is 0 Å². The summed E-state index contributed by atoms with van der Waals surface area (Å²) in [5, 5.41) is 10.9. The molecular formula is C13H19NO2. The Morgan fingerprint density at radius 1 is 1.38 bits per heavy atom. The van der Waals surface area contributed by atoms with Gasteiger partial charge in [0.1, 0.15) is 6.54 Å². The van der Waals surface area contributed by atoms with Crippen LogP contribution in [0.5, 0.6) is 0 Å². The minimum atomic E-state index is -1.08. The van der Waals surface area contributed by atoms with Crippen molar-refractivity contribution in [2.45, 2.75) is 26.3 Å². The van der Waals surface area contributed by atoms with E-state index in [1.807, 2.05) is 12.1 Å². The highest BCUT2D eigenvalue weighted by atomic mass is 16.4. The lowest BCUT2D eigenvalue weighted by molar-refractivity contribution is -0.894. The fraction of sp³-hybridized carbons (Fsp3) is 0.462. The fourth-order valence-corrected chi connectivity index (χ4v) is 1.77. The highest BCUT2D eigenvalue weighted by Gasteiger charge is 2.07. The van der Waals surface area contributed by atoms with E-state index in [0.29, 0.717) is 5.56 Å². The zero-order valence-electron chi connectivity index (χ0n) is 9.95. The van der Waals surface area contributed by atoms with E-state index >= 15 is 0 Å². The van der Waals surface area contributed by atoms with Gasteiger partial charge in [0, 0.05) is 11.1 Å². The number of rotatable bonds is 6. The molecule has 0 fully saturated rings. The number of unbranched alkanes of at least 4 members (excludes halogenated alkanes) is 1. The van der Waals surface area contributed by atoms with Gasteiger partial charge in [-0.1, -0.05) is 37.6 Å². The van der Waals surface area contributed by atoms with E-state index in [1.54, 1.807) is 12.1 Å². The van der Waals surface area contributed by atoms with Crippen molar-refractivity contribution in [3.05, 3.63) is 35.4 Å². The van der Waals surface area contributed by atoms with Crippen LogP contribution in [0, 0.1) is 0 Å². The van der Waals surface area contributed by atoms with Crippen molar-refractivity contribution < 1.29 is 14.8 Å². The van der Waals surface area contributed by atoms with Gasteiger partial charge in [0.05, 0.1) is 19.6 Å². The largest absolute Gasteiger partial charge is 0.545 e. The zero-order chi connectivity index (χ0) is 12.0. The van der Waals surface area contributed by atoms with Crippen LogP contribution in [0.3, 0.4) is 0 Å². The standard InChI is InChI=1S/C13H19NO2/c1-3-4-9-14(2)10-11-7-5-6-8-12(11)13(15)16/h5-8H,3-4,9-10H2,1-2H3,(H,15,16). The number of quaternary nitrogens is 1. The first-order valence-corrected chi connectivity index (χ1v) is 5.75. The lowest BCUT2D eigenvalue weighted by Gasteiger charge is -2.16. The van der Waals surface area contributed by atoms with Crippen LogP contribution in [-0.4, -0.2) is 19.6 Å². The average molecular weight is 221 g/mol. The van der Waals surface area contributed by atoms with Crippen LogP contribution in [0.4, 0.5) is 0 Å². The van der Waals surface area contributed by atoms with Crippen molar-refractivity contribution in [3.63, 3.8) is 0 Å². The predicted molar refractivity (Wildman–Crippen MR) is 61.1 cm³/mol. The summed E-state index contributed by atoms with van der Waals surface area (Å²) >= 11 is 0. The van der Waals surface area contributed by atoms with Crippen molar-refractivity contribution in [3.8, 4) is 0 Å². The van der Waals surface area contributed by atoms with Crippen molar-refractivity contribution in [1.82, 2.24) is 0 Å². The Morgan fingerprint density at radius 3 is 2.69 bits per heavy atom. The van der Waals surface area contributed by atoms with E-state index in [2.05, 4.69) is 14.0 Å². The molecule has 0 saturated carbocycles. The van der Waals surface area contributed by atoms with Crippen LogP contribution >= 0.6 is 0 Å². The molecule has 0 aliphatic carbocycles. The Hall–Kier alpha value is -1.35. The maximum atomic E-state index is 10.9. The normalized spacial score (nSPS) is 12.4. The molecule has 1 aromatic carbocycles. The Morgan fingerprint density at radius 2 is 2.06 bits per heavy atom. The number of aromatic carboxylic acids is 1. The second-order valence-electron chi connectivity index (χ2n) is 4.18. The summed E-state index contributed by atoms with van der Waals surface area (Å²) in [5.74, 6) is -1.08. The maximum Gasteiger partial charge on any atom is 0.103 e. The summed E-state index contributed by atoms with van der Waals surface area (Å²) in [6, 6.07) is 7.07. The minimum Gasteiger partial charge on any atom is -0.545 e. The molecule has 0 saturated heterocycles. The Balaban J connectivity index is 2.69. The molecule has 1 aromatic rings. The van der Waals surface area contributed by atoms with Crippen LogP contribution in [0.2, 0.25) is 0 Å². The molecule has 1 N–H and O–H groups in total. The molecule has 0 spiro atoms. The lowest BCUT2D eigenvalue weighted by atomic mass is 10.1. The first kappa shape index (κ1) is 12.7. The van der Waals surface area contributed by atoms with E-state index in [-0.39, 0.29) is 0 Å². The third kappa shape index (κ3) is 3.66. The summed E-state index contributed by atoms with van der Waals surface area (Å²) in [7, 11) is 2.09. The molecule has 1 rings (SSSR count). The Labute approximate surface area is 96.7 Å². The molecule has 88 valence electrons. The van der Waals surface area contributed by atoms with Gasteiger partial charge < -0.3 is 14.8 Å². The number of carbonyl (C=O) groups is 1. The fourth-order valence-electron chi connectivity index (χ4n) is 1.77. The molecule has 3 nitrogen and oxygen atoms in total. The van der Waals surface area contributed by atoms with Gasteiger partial charge in [-0.3, -0.25) is 0 Å². The molecule has 0 aliphatic rings. The van der Waals surface area contributed by atoms with Gasteiger partial charge >= 0.3 is 0 Å². The number of benzene rings is 1. The maximum absolute atomic E-state index is 10.9. The van der Waals surface area contributed by atoms with Crippen LogP contribution in [0.25, 0.3) is 0 Å². The lowest BCUT2D eigenvalue weighted by Crippen LogP contribution is -3.07. The third-order valence-corrected chi connectivity index (χ3v) is 2.69. The second kappa shape index (κ2) is 6.28. The van der Waals surface area contributed by atoms with Gasteiger partial charge in [0.15, 0.2) is 0 Å². The number of nitrogens with one attached hydrogen (secondary N) is 1. The smallest absolute Gasteiger partial charge is 0.103 e. The summed E-state index contributed by atoms with van der Waals surface area (Å²) < 4.78 is 0. The number of hydrogen-bond acceptors (Lipinski definition) is 2. The Kier molecular flexibility index (Phi) is 4.99. The van der Waals surface area contributed by atoms with E-state index < -0.39 is 5.97 Å². The summed E-state index contributed by atoms with van der Waals surface area (Å²) in [4.78, 5) is 12.2. The van der Waals surface area contributed by atoms with Crippen LogP contribution in [0.1, 0.15) is 35.7 Å². The molecule has 0 amide bonds. The first-order chi connectivity index (χ1) is 7.65. The second-order valence-corrected chi connectivity index (χ2v) is 4.18. The summed E-state index contributed by atoms with van der Waals surface area (Å²) in [6.07, 6.45) is 2.33.